The molecule has 0 saturated carbocycles. The number of hydrogen-bond acceptors (Lipinski definition) is 5. The first kappa shape index (κ1) is 21.5. The highest BCUT2D eigenvalue weighted by molar-refractivity contribution is 6.10. The molecule has 1 N–H and O–H groups in total. The van der Waals surface area contributed by atoms with Gasteiger partial charge < -0.3 is 9.67 Å². The number of aryl methyl sites for hydroxylation is 1. The van der Waals surface area contributed by atoms with E-state index in [-0.39, 0.29) is 17.5 Å². The fraction of sp³-hybridized carbons (Fsp3) is 0.192. The van der Waals surface area contributed by atoms with Crippen molar-refractivity contribution in [3.8, 4) is 22.6 Å². The van der Waals surface area contributed by atoms with Crippen molar-refractivity contribution in [1.82, 2.24) is 19.7 Å². The van der Waals surface area contributed by atoms with Gasteiger partial charge in [-0.05, 0) is 73.4 Å². The van der Waals surface area contributed by atoms with Crippen LogP contribution < -0.4 is 4.90 Å². The second-order valence-electron chi connectivity index (χ2n) is 8.63. The van der Waals surface area contributed by atoms with Crippen LogP contribution in [0.5, 0.6) is 0 Å². The van der Waals surface area contributed by atoms with Crippen molar-refractivity contribution in [3.63, 3.8) is 0 Å². The summed E-state index contributed by atoms with van der Waals surface area (Å²) in [5.41, 5.74) is 5.04. The van der Waals surface area contributed by atoms with E-state index in [1.54, 1.807) is 29.4 Å². The molecule has 1 aliphatic heterocycles. The highest BCUT2D eigenvalue weighted by atomic mass is 16.4. The Morgan fingerprint density at radius 3 is 2.62 bits per heavy atom. The average molecular weight is 454 g/mol. The molecule has 4 aromatic rings. The first-order valence-corrected chi connectivity index (χ1v) is 11.0. The number of rotatable bonds is 5. The molecule has 0 aliphatic carbocycles. The number of nitrogens with zero attached hydrogens (tertiary/aromatic N) is 5. The van der Waals surface area contributed by atoms with Crippen LogP contribution in [0.1, 0.15) is 51.7 Å². The third-order valence-electron chi connectivity index (χ3n) is 6.07. The van der Waals surface area contributed by atoms with E-state index in [0.717, 1.165) is 22.3 Å². The van der Waals surface area contributed by atoms with Gasteiger partial charge >= 0.3 is 5.97 Å². The Morgan fingerprint density at radius 1 is 1.06 bits per heavy atom. The van der Waals surface area contributed by atoms with E-state index >= 15 is 0 Å². The Bertz CT molecular complexity index is 1440. The summed E-state index contributed by atoms with van der Waals surface area (Å²) in [4.78, 5) is 31.0. The second kappa shape index (κ2) is 8.22. The van der Waals surface area contributed by atoms with Gasteiger partial charge in [-0.15, -0.1) is 10.2 Å². The van der Waals surface area contributed by atoms with Gasteiger partial charge in [0.1, 0.15) is 17.8 Å². The lowest BCUT2D eigenvalue weighted by Crippen LogP contribution is -2.24. The summed E-state index contributed by atoms with van der Waals surface area (Å²) in [5, 5.41) is 17.5. The van der Waals surface area contributed by atoms with Crippen LogP contribution in [0.3, 0.4) is 0 Å². The maximum atomic E-state index is 13.4. The van der Waals surface area contributed by atoms with E-state index in [9.17, 15) is 14.7 Å². The van der Waals surface area contributed by atoms with Crippen molar-refractivity contribution >= 4 is 17.7 Å². The molecule has 34 heavy (non-hydrogen) atoms. The Morgan fingerprint density at radius 2 is 1.88 bits per heavy atom. The first-order valence-electron chi connectivity index (χ1n) is 11.0. The van der Waals surface area contributed by atoms with Crippen LogP contribution in [-0.4, -0.2) is 36.7 Å². The summed E-state index contributed by atoms with van der Waals surface area (Å²) in [7, 11) is 0. The van der Waals surface area contributed by atoms with Gasteiger partial charge in [0.05, 0.1) is 12.1 Å². The first-order chi connectivity index (χ1) is 16.3. The number of fused-ring (bicyclic) bond motifs is 1. The third kappa shape index (κ3) is 3.63. The largest absolute Gasteiger partial charge is 0.478 e. The van der Waals surface area contributed by atoms with Crippen molar-refractivity contribution in [3.05, 3.63) is 83.2 Å². The van der Waals surface area contributed by atoms with Crippen molar-refractivity contribution in [2.24, 2.45) is 0 Å². The number of carboxylic acid groups (broad SMARTS) is 1. The number of benzene rings is 2. The molecule has 0 unspecified atom stereocenters. The highest BCUT2D eigenvalue weighted by Crippen LogP contribution is 2.33. The molecule has 0 bridgehead atoms. The SMILES string of the molecule is Cc1cc(C(=O)O)ccc1-c1ccc2c(c1)C(=O)N(c1cccc(-c3nncn3C(C)C)n1)C2. The lowest BCUT2D eigenvalue weighted by atomic mass is 9.96. The molecule has 0 saturated heterocycles. The summed E-state index contributed by atoms with van der Waals surface area (Å²) in [6.45, 7) is 6.39. The fourth-order valence-corrected chi connectivity index (χ4v) is 4.28. The Hall–Kier alpha value is -4.33. The van der Waals surface area contributed by atoms with Gasteiger partial charge in [-0.1, -0.05) is 24.3 Å². The Labute approximate surface area is 196 Å². The zero-order chi connectivity index (χ0) is 24.0. The fourth-order valence-electron chi connectivity index (χ4n) is 4.28. The van der Waals surface area contributed by atoms with Crippen LogP contribution in [0, 0.1) is 6.92 Å². The zero-order valence-corrected chi connectivity index (χ0v) is 19.1. The molecule has 0 spiro atoms. The van der Waals surface area contributed by atoms with Crippen LogP contribution in [0.4, 0.5) is 5.82 Å². The molecule has 170 valence electrons. The highest BCUT2D eigenvalue weighted by Gasteiger charge is 2.30. The lowest BCUT2D eigenvalue weighted by Gasteiger charge is -2.16. The minimum absolute atomic E-state index is 0.119. The number of anilines is 1. The Kier molecular flexibility index (Phi) is 5.20. The number of amides is 1. The molecule has 3 heterocycles. The van der Waals surface area contributed by atoms with E-state index in [4.69, 9.17) is 4.98 Å². The number of aromatic nitrogens is 4. The van der Waals surface area contributed by atoms with E-state index in [1.807, 2.05) is 61.7 Å². The predicted molar refractivity (Wildman–Crippen MR) is 128 cm³/mol. The molecule has 1 aliphatic rings. The topological polar surface area (TPSA) is 101 Å². The normalized spacial score (nSPS) is 12.9. The Balaban J connectivity index is 1.47. The van der Waals surface area contributed by atoms with Crippen molar-refractivity contribution in [2.45, 2.75) is 33.4 Å². The summed E-state index contributed by atoms with van der Waals surface area (Å²) < 4.78 is 1.94. The van der Waals surface area contributed by atoms with E-state index in [2.05, 4.69) is 10.2 Å². The van der Waals surface area contributed by atoms with Gasteiger partial charge in [-0.25, -0.2) is 9.78 Å². The molecular formula is C26H23N5O3. The summed E-state index contributed by atoms with van der Waals surface area (Å²) >= 11 is 0. The van der Waals surface area contributed by atoms with Gasteiger partial charge in [0.25, 0.3) is 5.91 Å². The molecule has 0 radical (unpaired) electrons. The average Bonchev–Trinajstić information content (AvgIpc) is 3.44. The minimum Gasteiger partial charge on any atom is -0.478 e. The number of carbonyl (C=O) groups is 2. The summed E-state index contributed by atoms with van der Waals surface area (Å²) in [5.74, 6) is 0.131. The molecule has 0 fully saturated rings. The monoisotopic (exact) mass is 453 g/mol. The van der Waals surface area contributed by atoms with Gasteiger partial charge in [0.2, 0.25) is 0 Å². The van der Waals surface area contributed by atoms with Crippen molar-refractivity contribution in [1.29, 1.82) is 0 Å². The van der Waals surface area contributed by atoms with Gasteiger partial charge in [-0.3, -0.25) is 9.69 Å². The molecule has 8 nitrogen and oxygen atoms in total. The molecule has 5 rings (SSSR count). The van der Waals surface area contributed by atoms with E-state index in [1.165, 1.54) is 0 Å². The number of hydrogen-bond donors (Lipinski definition) is 1. The van der Waals surface area contributed by atoms with Crippen LogP contribution in [0.2, 0.25) is 0 Å². The van der Waals surface area contributed by atoms with E-state index in [0.29, 0.717) is 29.4 Å². The zero-order valence-electron chi connectivity index (χ0n) is 19.1. The van der Waals surface area contributed by atoms with Crippen molar-refractivity contribution in [2.75, 3.05) is 4.90 Å². The summed E-state index contributed by atoms with van der Waals surface area (Å²) in [6, 6.07) is 16.5. The van der Waals surface area contributed by atoms with Gasteiger partial charge in [0.15, 0.2) is 5.82 Å². The van der Waals surface area contributed by atoms with Crippen LogP contribution in [-0.2, 0) is 6.54 Å². The molecule has 0 atom stereocenters. The van der Waals surface area contributed by atoms with Crippen LogP contribution in [0.25, 0.3) is 22.6 Å². The lowest BCUT2D eigenvalue weighted by molar-refractivity contribution is 0.0696. The van der Waals surface area contributed by atoms with Crippen molar-refractivity contribution < 1.29 is 14.7 Å². The number of carboxylic acids is 1. The number of pyridine rings is 1. The summed E-state index contributed by atoms with van der Waals surface area (Å²) in [6.07, 6.45) is 1.68. The number of carbonyl (C=O) groups excluding carboxylic acids is 1. The smallest absolute Gasteiger partial charge is 0.335 e. The van der Waals surface area contributed by atoms with Crippen LogP contribution >= 0.6 is 0 Å². The molecule has 2 aromatic carbocycles. The molecule has 1 amide bonds. The predicted octanol–water partition coefficient (Wildman–Crippen LogP) is 4.76. The second-order valence-corrected chi connectivity index (χ2v) is 8.63. The van der Waals surface area contributed by atoms with Gasteiger partial charge in [0, 0.05) is 11.6 Å². The standard InChI is InChI=1S/C26H23N5O3/c1-15(2)31-14-27-29-24(31)22-5-4-6-23(28-22)30-13-19-8-7-17(12-21(19)25(30)32)20-10-9-18(26(33)34)11-16(20)3/h4-12,14-15H,13H2,1-3H3,(H,33,34). The molecular weight excluding hydrogens is 430 g/mol. The molecule has 8 heteroatoms. The minimum atomic E-state index is -0.962. The third-order valence-corrected chi connectivity index (χ3v) is 6.07. The van der Waals surface area contributed by atoms with E-state index < -0.39 is 5.97 Å². The molecule has 2 aromatic heterocycles. The maximum Gasteiger partial charge on any atom is 0.335 e. The maximum absolute atomic E-state index is 13.4. The van der Waals surface area contributed by atoms with Crippen LogP contribution in [0.15, 0.2) is 60.9 Å². The number of aromatic carboxylic acids is 1. The van der Waals surface area contributed by atoms with Gasteiger partial charge in [-0.2, -0.15) is 0 Å². The quantitative estimate of drug-likeness (QED) is 0.468.